The first-order valence-electron chi connectivity index (χ1n) is 5.21. The highest BCUT2D eigenvalue weighted by molar-refractivity contribution is 6.31. The van der Waals surface area contributed by atoms with Crippen molar-refractivity contribution < 1.29 is 10.2 Å². The molecule has 1 unspecified atom stereocenters. The van der Waals surface area contributed by atoms with E-state index in [9.17, 15) is 5.11 Å². The van der Waals surface area contributed by atoms with Gasteiger partial charge in [0.1, 0.15) is 0 Å². The fourth-order valence-corrected chi connectivity index (χ4v) is 1.53. The van der Waals surface area contributed by atoms with Gasteiger partial charge in [-0.2, -0.15) is 5.26 Å². The maximum Gasteiger partial charge on any atom is 0.0992 e. The number of nitrogens with one attached hydrogen (secondary N) is 1. The Morgan fingerprint density at radius 1 is 1.53 bits per heavy atom. The lowest BCUT2D eigenvalue weighted by Crippen LogP contribution is -2.40. The standard InChI is InChI=1S/C12H15ClN2O2/c1-12(17,8-16)7-15-6-10-3-2-9(5-14)4-11(10)13/h2-4,15-17H,6-8H2,1H3. The van der Waals surface area contributed by atoms with Crippen LogP contribution in [0.4, 0.5) is 0 Å². The molecule has 1 aromatic carbocycles. The van der Waals surface area contributed by atoms with Crippen LogP contribution in [0.1, 0.15) is 18.1 Å². The van der Waals surface area contributed by atoms with E-state index in [4.69, 9.17) is 22.0 Å². The van der Waals surface area contributed by atoms with Gasteiger partial charge in [0.25, 0.3) is 0 Å². The quantitative estimate of drug-likeness (QED) is 0.734. The van der Waals surface area contributed by atoms with E-state index in [0.717, 1.165) is 5.56 Å². The number of hydrogen-bond acceptors (Lipinski definition) is 4. The molecule has 92 valence electrons. The van der Waals surface area contributed by atoms with Gasteiger partial charge in [-0.05, 0) is 24.6 Å². The minimum atomic E-state index is -1.14. The van der Waals surface area contributed by atoms with Gasteiger partial charge in [0.2, 0.25) is 0 Å². The summed E-state index contributed by atoms with van der Waals surface area (Å²) in [4.78, 5) is 0. The van der Waals surface area contributed by atoms with Gasteiger partial charge >= 0.3 is 0 Å². The molecular formula is C12H15ClN2O2. The second-order valence-corrected chi connectivity index (χ2v) is 4.58. The molecule has 17 heavy (non-hydrogen) atoms. The monoisotopic (exact) mass is 254 g/mol. The number of aliphatic hydroxyl groups is 2. The maximum absolute atomic E-state index is 9.56. The Labute approximate surface area is 105 Å². The van der Waals surface area contributed by atoms with Crippen molar-refractivity contribution in [1.29, 1.82) is 5.26 Å². The van der Waals surface area contributed by atoms with Crippen LogP contribution in [0.15, 0.2) is 18.2 Å². The molecule has 1 rings (SSSR count). The summed E-state index contributed by atoms with van der Waals surface area (Å²) in [5.41, 5.74) is 0.222. The highest BCUT2D eigenvalue weighted by Crippen LogP contribution is 2.17. The van der Waals surface area contributed by atoms with Crippen LogP contribution < -0.4 is 5.32 Å². The first-order valence-corrected chi connectivity index (χ1v) is 5.59. The number of rotatable bonds is 5. The molecule has 0 amide bonds. The Morgan fingerprint density at radius 3 is 2.76 bits per heavy atom. The number of benzene rings is 1. The number of nitriles is 1. The van der Waals surface area contributed by atoms with Crippen molar-refractivity contribution in [1.82, 2.24) is 5.32 Å². The van der Waals surface area contributed by atoms with Gasteiger partial charge in [0, 0.05) is 18.1 Å². The third-order valence-electron chi connectivity index (χ3n) is 2.34. The summed E-state index contributed by atoms with van der Waals surface area (Å²) in [5.74, 6) is 0. The zero-order valence-corrected chi connectivity index (χ0v) is 10.3. The fraction of sp³-hybridized carbons (Fsp3) is 0.417. The summed E-state index contributed by atoms with van der Waals surface area (Å²) < 4.78 is 0. The average molecular weight is 255 g/mol. The molecule has 4 nitrogen and oxygen atoms in total. The van der Waals surface area contributed by atoms with Crippen molar-refractivity contribution >= 4 is 11.6 Å². The third-order valence-corrected chi connectivity index (χ3v) is 2.70. The van der Waals surface area contributed by atoms with E-state index in [1.807, 2.05) is 6.07 Å². The van der Waals surface area contributed by atoms with E-state index in [-0.39, 0.29) is 13.2 Å². The molecule has 0 aliphatic heterocycles. The van der Waals surface area contributed by atoms with Crippen LogP contribution in [0, 0.1) is 11.3 Å². The molecule has 0 fully saturated rings. The van der Waals surface area contributed by atoms with Gasteiger partial charge in [-0.3, -0.25) is 0 Å². The number of aliphatic hydroxyl groups excluding tert-OH is 1. The van der Waals surface area contributed by atoms with E-state index in [0.29, 0.717) is 17.1 Å². The number of halogens is 1. The van der Waals surface area contributed by atoms with Crippen molar-refractivity contribution in [2.24, 2.45) is 0 Å². The van der Waals surface area contributed by atoms with Crippen molar-refractivity contribution in [2.75, 3.05) is 13.2 Å². The largest absolute Gasteiger partial charge is 0.393 e. The van der Waals surface area contributed by atoms with E-state index < -0.39 is 5.60 Å². The summed E-state index contributed by atoms with van der Waals surface area (Å²) >= 11 is 5.99. The lowest BCUT2D eigenvalue weighted by molar-refractivity contribution is 0.00254. The van der Waals surface area contributed by atoms with Crippen molar-refractivity contribution in [3.05, 3.63) is 34.3 Å². The smallest absolute Gasteiger partial charge is 0.0992 e. The maximum atomic E-state index is 9.56. The molecule has 0 saturated heterocycles. The summed E-state index contributed by atoms with van der Waals surface area (Å²) in [5, 5.41) is 30.6. The van der Waals surface area contributed by atoms with Crippen molar-refractivity contribution in [2.45, 2.75) is 19.1 Å². The number of nitrogens with zero attached hydrogens (tertiary/aromatic N) is 1. The Bertz CT molecular complexity index is 427. The van der Waals surface area contributed by atoms with Crippen LogP contribution in [0.25, 0.3) is 0 Å². The Morgan fingerprint density at radius 2 is 2.24 bits per heavy atom. The van der Waals surface area contributed by atoms with Crippen LogP contribution in [0.3, 0.4) is 0 Å². The van der Waals surface area contributed by atoms with Crippen LogP contribution >= 0.6 is 11.6 Å². The number of hydrogen-bond donors (Lipinski definition) is 3. The molecular weight excluding hydrogens is 240 g/mol. The SMILES string of the molecule is CC(O)(CO)CNCc1ccc(C#N)cc1Cl. The van der Waals surface area contributed by atoms with Crippen molar-refractivity contribution in [3.8, 4) is 6.07 Å². The topological polar surface area (TPSA) is 76.3 Å². The minimum Gasteiger partial charge on any atom is -0.393 e. The molecule has 1 aromatic rings. The summed E-state index contributed by atoms with van der Waals surface area (Å²) in [6.45, 7) is 1.97. The second-order valence-electron chi connectivity index (χ2n) is 4.18. The average Bonchev–Trinajstić information content (AvgIpc) is 2.31. The van der Waals surface area contributed by atoms with Crippen molar-refractivity contribution in [3.63, 3.8) is 0 Å². The molecule has 0 aliphatic rings. The second kappa shape index (κ2) is 5.99. The van der Waals surface area contributed by atoms with Gasteiger partial charge < -0.3 is 15.5 Å². The predicted octanol–water partition coefficient (Wildman–Crippen LogP) is 1.04. The van der Waals surface area contributed by atoms with Gasteiger partial charge in [-0.25, -0.2) is 0 Å². The molecule has 0 radical (unpaired) electrons. The van der Waals surface area contributed by atoms with Crippen LogP contribution in [0.2, 0.25) is 5.02 Å². The Kier molecular flexibility index (Phi) is 4.91. The molecule has 0 aliphatic carbocycles. The van der Waals surface area contributed by atoms with Gasteiger partial charge in [0.05, 0.1) is 23.8 Å². The molecule has 0 saturated carbocycles. The first kappa shape index (κ1) is 13.9. The lowest BCUT2D eigenvalue weighted by atomic mass is 10.1. The van der Waals surface area contributed by atoms with Gasteiger partial charge in [-0.1, -0.05) is 17.7 Å². The Hall–Kier alpha value is -1.12. The Balaban J connectivity index is 2.56. The lowest BCUT2D eigenvalue weighted by Gasteiger charge is -2.20. The van der Waals surface area contributed by atoms with E-state index >= 15 is 0 Å². The highest BCUT2D eigenvalue weighted by Gasteiger charge is 2.17. The zero-order valence-electron chi connectivity index (χ0n) is 9.57. The minimum absolute atomic E-state index is 0.264. The summed E-state index contributed by atoms with van der Waals surface area (Å²) in [7, 11) is 0. The summed E-state index contributed by atoms with van der Waals surface area (Å²) in [6.07, 6.45) is 0. The van der Waals surface area contributed by atoms with Gasteiger partial charge in [-0.15, -0.1) is 0 Å². The van der Waals surface area contributed by atoms with Crippen LogP contribution in [0.5, 0.6) is 0 Å². The molecule has 0 spiro atoms. The van der Waals surface area contributed by atoms with E-state index in [1.54, 1.807) is 25.1 Å². The molecule has 0 aromatic heterocycles. The molecule has 5 heteroatoms. The van der Waals surface area contributed by atoms with Crippen LogP contribution in [-0.4, -0.2) is 29.0 Å². The normalized spacial score (nSPS) is 14.1. The fourth-order valence-electron chi connectivity index (χ4n) is 1.28. The molecule has 0 heterocycles. The molecule has 1 atom stereocenters. The highest BCUT2D eigenvalue weighted by atomic mass is 35.5. The van der Waals surface area contributed by atoms with Crippen LogP contribution in [-0.2, 0) is 6.54 Å². The summed E-state index contributed by atoms with van der Waals surface area (Å²) in [6, 6.07) is 7.06. The first-order chi connectivity index (χ1) is 7.98. The molecule has 3 N–H and O–H groups in total. The van der Waals surface area contributed by atoms with Gasteiger partial charge in [0.15, 0.2) is 0 Å². The van der Waals surface area contributed by atoms with E-state index in [2.05, 4.69) is 5.32 Å². The predicted molar refractivity (Wildman–Crippen MR) is 65.6 cm³/mol. The zero-order chi connectivity index (χ0) is 12.9. The molecule has 0 bridgehead atoms. The van der Waals surface area contributed by atoms with E-state index in [1.165, 1.54) is 0 Å². The third kappa shape index (κ3) is 4.33.